The van der Waals surface area contributed by atoms with Gasteiger partial charge in [0.2, 0.25) is 0 Å². The van der Waals surface area contributed by atoms with Crippen molar-refractivity contribution < 1.29 is 17.6 Å². The van der Waals surface area contributed by atoms with Gasteiger partial charge < -0.3 is 0 Å². The number of hydrogen-bond acceptors (Lipinski definition) is 6. The van der Waals surface area contributed by atoms with Gasteiger partial charge in [0, 0.05) is 33.4 Å². The zero-order valence-corrected chi connectivity index (χ0v) is 20.8. The SMILES string of the molecule is N#CC(C#N)=C1C(c2ccc(F)c(F)c2)=C(C#N)c2cc3c(cc21)C(C#N)=C(c1ccc(F)c(F)c1)C3=C(C#N)C#N. The van der Waals surface area contributed by atoms with E-state index in [2.05, 4.69) is 0 Å². The number of rotatable bonds is 2. The van der Waals surface area contributed by atoms with E-state index in [0.717, 1.165) is 24.3 Å². The van der Waals surface area contributed by atoms with E-state index >= 15 is 0 Å². The number of benzene rings is 3. The molecule has 10 heteroatoms. The van der Waals surface area contributed by atoms with Gasteiger partial charge in [-0.25, -0.2) is 17.6 Å². The number of hydrogen-bond donors (Lipinski definition) is 0. The van der Waals surface area contributed by atoms with Crippen LogP contribution in [0.2, 0.25) is 0 Å². The van der Waals surface area contributed by atoms with Crippen LogP contribution < -0.4 is 0 Å². The molecule has 2 aliphatic rings. The topological polar surface area (TPSA) is 143 Å². The standard InChI is InChI=1S/C32H8F4N6/c33-25-3-1-15(5-27(25)35)29-23(13-41)19-7-22-20(8-21(19)31(29)17(9-37)10-38)24(14-42)30(32(22)18(11-39)12-40)16-2-4-26(34)28(36)6-16/h1-8H. The van der Waals surface area contributed by atoms with Crippen molar-refractivity contribution in [1.29, 1.82) is 31.6 Å². The highest BCUT2D eigenvalue weighted by molar-refractivity contribution is 6.29. The Morgan fingerprint density at radius 1 is 0.452 bits per heavy atom. The molecule has 3 aromatic rings. The Hall–Kier alpha value is -6.72. The van der Waals surface area contributed by atoms with Gasteiger partial charge in [-0.15, -0.1) is 0 Å². The lowest BCUT2D eigenvalue weighted by Gasteiger charge is -2.11. The molecule has 0 atom stereocenters. The first-order valence-electron chi connectivity index (χ1n) is 11.7. The molecule has 0 radical (unpaired) electrons. The van der Waals surface area contributed by atoms with E-state index in [0.29, 0.717) is 0 Å². The molecule has 0 fully saturated rings. The van der Waals surface area contributed by atoms with Crippen LogP contribution in [0, 0.1) is 91.3 Å². The molecule has 0 aromatic heterocycles. The fourth-order valence-corrected chi connectivity index (χ4v) is 5.12. The molecule has 6 nitrogen and oxygen atoms in total. The molecule has 0 amide bonds. The van der Waals surface area contributed by atoms with Crippen molar-refractivity contribution in [2.75, 3.05) is 0 Å². The molecule has 0 N–H and O–H groups in total. The van der Waals surface area contributed by atoms with Crippen LogP contribution in [-0.4, -0.2) is 0 Å². The second kappa shape index (κ2) is 10.1. The van der Waals surface area contributed by atoms with Gasteiger partial charge in [-0.1, -0.05) is 12.1 Å². The first kappa shape index (κ1) is 26.9. The highest BCUT2D eigenvalue weighted by Crippen LogP contribution is 2.54. The Kier molecular flexibility index (Phi) is 6.47. The summed E-state index contributed by atoms with van der Waals surface area (Å²) in [6, 6.07) is 19.3. The normalized spacial score (nSPS) is 12.8. The minimum atomic E-state index is -1.24. The van der Waals surface area contributed by atoms with Gasteiger partial charge in [0.15, 0.2) is 23.3 Å². The van der Waals surface area contributed by atoms with Crippen LogP contribution in [0.3, 0.4) is 0 Å². The summed E-state index contributed by atoms with van der Waals surface area (Å²) in [6.45, 7) is 0. The van der Waals surface area contributed by atoms with Crippen LogP contribution in [-0.2, 0) is 0 Å². The summed E-state index contributed by atoms with van der Waals surface area (Å²) in [6.07, 6.45) is 0. The summed E-state index contributed by atoms with van der Waals surface area (Å²) in [5.74, 6) is -4.81. The predicted molar refractivity (Wildman–Crippen MR) is 140 cm³/mol. The molecule has 194 valence electrons. The third-order valence-electron chi connectivity index (χ3n) is 6.82. The highest BCUT2D eigenvalue weighted by Gasteiger charge is 2.37. The number of fused-ring (bicyclic) bond motifs is 2. The molecule has 5 rings (SSSR count). The first-order valence-corrected chi connectivity index (χ1v) is 11.7. The second-order valence-corrected chi connectivity index (χ2v) is 8.87. The van der Waals surface area contributed by atoms with E-state index in [4.69, 9.17) is 0 Å². The van der Waals surface area contributed by atoms with Gasteiger partial charge in [-0.3, -0.25) is 0 Å². The first-order chi connectivity index (χ1) is 20.2. The largest absolute Gasteiger partial charge is 0.204 e. The van der Waals surface area contributed by atoms with Gasteiger partial charge in [-0.05, 0) is 58.7 Å². The Bertz CT molecular complexity index is 2000. The molecule has 0 saturated carbocycles. The Morgan fingerprint density at radius 3 is 1.10 bits per heavy atom. The summed E-state index contributed by atoms with van der Waals surface area (Å²) in [7, 11) is 0. The number of halogens is 4. The Balaban J connectivity index is 1.93. The molecular weight excluding hydrogens is 544 g/mol. The summed E-state index contributed by atoms with van der Waals surface area (Å²) in [4.78, 5) is 0. The molecule has 42 heavy (non-hydrogen) atoms. The number of nitrogens with zero attached hydrogens (tertiary/aromatic N) is 6. The third kappa shape index (κ3) is 3.82. The van der Waals surface area contributed by atoms with Crippen molar-refractivity contribution in [1.82, 2.24) is 0 Å². The Morgan fingerprint density at radius 2 is 0.810 bits per heavy atom. The molecule has 0 bridgehead atoms. The van der Waals surface area contributed by atoms with E-state index in [1.54, 1.807) is 24.3 Å². The predicted octanol–water partition coefficient (Wildman–Crippen LogP) is 6.74. The number of allylic oxidation sites excluding steroid dienone is 8. The van der Waals surface area contributed by atoms with Crippen molar-refractivity contribution >= 4 is 33.4 Å². The summed E-state index contributed by atoms with van der Waals surface area (Å²) >= 11 is 0. The Labute approximate surface area is 235 Å². The molecular formula is C32H8F4N6. The van der Waals surface area contributed by atoms with Crippen molar-refractivity contribution in [2.45, 2.75) is 0 Å². The minimum absolute atomic E-state index is 0.0103. The van der Waals surface area contributed by atoms with Crippen LogP contribution in [0.1, 0.15) is 33.4 Å². The third-order valence-corrected chi connectivity index (χ3v) is 6.82. The van der Waals surface area contributed by atoms with E-state index in [-0.39, 0.29) is 66.8 Å². The van der Waals surface area contributed by atoms with Gasteiger partial charge in [0.1, 0.15) is 47.6 Å². The summed E-state index contributed by atoms with van der Waals surface area (Å²) < 4.78 is 56.0. The van der Waals surface area contributed by atoms with Crippen LogP contribution in [0.15, 0.2) is 59.7 Å². The average molecular weight is 552 g/mol. The average Bonchev–Trinajstić information content (AvgIpc) is 3.48. The molecule has 3 aromatic carbocycles. The van der Waals surface area contributed by atoms with Gasteiger partial charge >= 0.3 is 0 Å². The quantitative estimate of drug-likeness (QED) is 0.254. The van der Waals surface area contributed by atoms with E-state index in [1.165, 1.54) is 24.3 Å². The van der Waals surface area contributed by atoms with Crippen molar-refractivity contribution in [3.05, 3.63) is 116 Å². The monoisotopic (exact) mass is 552 g/mol. The second-order valence-electron chi connectivity index (χ2n) is 8.87. The molecule has 0 aliphatic heterocycles. The lowest BCUT2D eigenvalue weighted by Crippen LogP contribution is -1.95. The maximum atomic E-state index is 14.3. The zero-order valence-electron chi connectivity index (χ0n) is 20.8. The maximum Gasteiger partial charge on any atom is 0.159 e. The fourth-order valence-electron chi connectivity index (χ4n) is 5.12. The summed E-state index contributed by atoms with van der Waals surface area (Å²) in [5, 5.41) is 59.5. The van der Waals surface area contributed by atoms with E-state index in [1.807, 2.05) is 12.1 Å². The van der Waals surface area contributed by atoms with Crippen LogP contribution in [0.5, 0.6) is 0 Å². The molecule has 0 unspecified atom stereocenters. The van der Waals surface area contributed by atoms with Crippen molar-refractivity contribution in [3.63, 3.8) is 0 Å². The van der Waals surface area contributed by atoms with Crippen LogP contribution in [0.4, 0.5) is 17.6 Å². The molecule has 0 heterocycles. The molecule has 0 saturated heterocycles. The lowest BCUT2D eigenvalue weighted by atomic mass is 9.90. The highest BCUT2D eigenvalue weighted by atomic mass is 19.2. The lowest BCUT2D eigenvalue weighted by molar-refractivity contribution is 0.508. The molecule has 0 spiro atoms. The minimum Gasteiger partial charge on any atom is -0.204 e. The smallest absolute Gasteiger partial charge is 0.159 e. The van der Waals surface area contributed by atoms with Crippen molar-refractivity contribution in [3.8, 4) is 36.4 Å². The molecule has 2 aliphatic carbocycles. The summed E-state index contributed by atoms with van der Waals surface area (Å²) in [5.41, 5.74) is -0.974. The van der Waals surface area contributed by atoms with Crippen LogP contribution >= 0.6 is 0 Å². The van der Waals surface area contributed by atoms with Gasteiger partial charge in [0.05, 0.1) is 11.1 Å². The van der Waals surface area contributed by atoms with Gasteiger partial charge in [-0.2, -0.15) is 31.6 Å². The van der Waals surface area contributed by atoms with Gasteiger partial charge in [0.25, 0.3) is 0 Å². The van der Waals surface area contributed by atoms with Crippen molar-refractivity contribution in [2.24, 2.45) is 0 Å². The van der Waals surface area contributed by atoms with E-state index in [9.17, 15) is 49.1 Å². The zero-order chi connectivity index (χ0) is 30.3. The number of nitriles is 6. The van der Waals surface area contributed by atoms with E-state index < -0.39 is 34.4 Å². The fraction of sp³-hybridized carbons (Fsp3) is 0. The maximum absolute atomic E-state index is 14.3. The van der Waals surface area contributed by atoms with Crippen LogP contribution in [0.25, 0.3) is 33.4 Å².